The summed E-state index contributed by atoms with van der Waals surface area (Å²) in [6.45, 7) is 2.11. The summed E-state index contributed by atoms with van der Waals surface area (Å²) in [6, 6.07) is 16.5. The summed E-state index contributed by atoms with van der Waals surface area (Å²) in [4.78, 5) is 4.67. The van der Waals surface area contributed by atoms with Crippen molar-refractivity contribution in [3.05, 3.63) is 53.6 Å². The number of hydrogen-bond acceptors (Lipinski definition) is 3. The zero-order chi connectivity index (χ0) is 16.8. The molecule has 0 spiro atoms. The highest BCUT2D eigenvalue weighted by Crippen LogP contribution is 2.30. The topological polar surface area (TPSA) is 49.8 Å². The van der Waals surface area contributed by atoms with Gasteiger partial charge in [-0.05, 0) is 49.4 Å². The Morgan fingerprint density at radius 2 is 1.83 bits per heavy atom. The summed E-state index contributed by atoms with van der Waals surface area (Å²) in [7, 11) is 0. The lowest BCUT2D eigenvalue weighted by molar-refractivity contribution is 0.615. The van der Waals surface area contributed by atoms with Crippen LogP contribution in [0.2, 0.25) is 0 Å². The van der Waals surface area contributed by atoms with Gasteiger partial charge < -0.3 is 4.42 Å². The Labute approximate surface area is 142 Å². The standard InChI is InChI=1S/C21H22N2O/c1-16-10-9-12-17(11-5-3-2-4-8-15-22)20(16)21-23-18-13-6-7-14-19(18)24-21/h6-7,9-10,12-14H,2-5,8,11H2,1H3. The van der Waals surface area contributed by atoms with E-state index in [1.54, 1.807) is 0 Å². The highest BCUT2D eigenvalue weighted by molar-refractivity contribution is 5.77. The molecule has 24 heavy (non-hydrogen) atoms. The predicted molar refractivity (Wildman–Crippen MR) is 96.6 cm³/mol. The molecule has 0 saturated heterocycles. The summed E-state index contributed by atoms with van der Waals surface area (Å²) in [6.07, 6.45) is 6.09. The Hall–Kier alpha value is -2.60. The van der Waals surface area contributed by atoms with Crippen LogP contribution in [0.4, 0.5) is 0 Å². The van der Waals surface area contributed by atoms with E-state index in [4.69, 9.17) is 9.68 Å². The zero-order valence-electron chi connectivity index (χ0n) is 14.1. The van der Waals surface area contributed by atoms with E-state index in [0.717, 1.165) is 48.8 Å². The summed E-state index contributed by atoms with van der Waals surface area (Å²) in [5, 5.41) is 8.59. The molecule has 3 rings (SSSR count). The van der Waals surface area contributed by atoms with Crippen LogP contribution < -0.4 is 0 Å². The van der Waals surface area contributed by atoms with Crippen LogP contribution in [-0.4, -0.2) is 4.98 Å². The van der Waals surface area contributed by atoms with Crippen LogP contribution in [0.1, 0.15) is 43.2 Å². The zero-order valence-corrected chi connectivity index (χ0v) is 14.1. The molecule has 0 saturated carbocycles. The van der Waals surface area contributed by atoms with E-state index in [1.807, 2.05) is 24.3 Å². The Kier molecular flexibility index (Phi) is 5.28. The second-order valence-electron chi connectivity index (χ2n) is 6.17. The molecule has 0 radical (unpaired) electrons. The third-order valence-electron chi connectivity index (χ3n) is 4.35. The van der Waals surface area contributed by atoms with Crippen molar-refractivity contribution >= 4 is 11.1 Å². The van der Waals surface area contributed by atoms with E-state index < -0.39 is 0 Å². The minimum absolute atomic E-state index is 0.665. The van der Waals surface area contributed by atoms with Gasteiger partial charge in [-0.3, -0.25) is 0 Å². The van der Waals surface area contributed by atoms with Crippen LogP contribution in [0.3, 0.4) is 0 Å². The van der Waals surface area contributed by atoms with Crippen LogP contribution in [0.5, 0.6) is 0 Å². The van der Waals surface area contributed by atoms with Crippen molar-refractivity contribution in [2.45, 2.75) is 45.4 Å². The van der Waals surface area contributed by atoms with E-state index in [0.29, 0.717) is 12.3 Å². The van der Waals surface area contributed by atoms with Crippen LogP contribution in [0.25, 0.3) is 22.6 Å². The number of unbranched alkanes of at least 4 members (excludes halogenated alkanes) is 4. The first-order chi connectivity index (χ1) is 11.8. The second kappa shape index (κ2) is 7.79. The predicted octanol–water partition coefficient (Wildman–Crippen LogP) is 5.82. The first kappa shape index (κ1) is 16.3. The van der Waals surface area contributed by atoms with Gasteiger partial charge in [0.1, 0.15) is 5.52 Å². The van der Waals surface area contributed by atoms with Crippen molar-refractivity contribution in [3.8, 4) is 17.5 Å². The summed E-state index contributed by atoms with van der Waals surface area (Å²) in [5.41, 5.74) is 5.35. The third kappa shape index (κ3) is 3.65. The molecule has 0 unspecified atom stereocenters. The van der Waals surface area contributed by atoms with E-state index in [-0.39, 0.29) is 0 Å². The number of rotatable bonds is 7. The second-order valence-corrected chi connectivity index (χ2v) is 6.17. The van der Waals surface area contributed by atoms with Gasteiger partial charge in [0.05, 0.1) is 6.07 Å². The number of benzene rings is 2. The quantitative estimate of drug-likeness (QED) is 0.516. The highest BCUT2D eigenvalue weighted by atomic mass is 16.3. The molecular weight excluding hydrogens is 296 g/mol. The molecule has 3 heteroatoms. The minimum atomic E-state index is 0.665. The molecule has 122 valence electrons. The molecule has 3 aromatic rings. The monoisotopic (exact) mass is 318 g/mol. The van der Waals surface area contributed by atoms with E-state index in [9.17, 15) is 0 Å². The summed E-state index contributed by atoms with van der Waals surface area (Å²) >= 11 is 0. The molecule has 0 N–H and O–H groups in total. The molecular formula is C21H22N2O. The lowest BCUT2D eigenvalue weighted by Gasteiger charge is -2.09. The first-order valence-electron chi connectivity index (χ1n) is 8.61. The van der Waals surface area contributed by atoms with E-state index in [2.05, 4.69) is 36.2 Å². The number of aromatic nitrogens is 1. The van der Waals surface area contributed by atoms with Crippen molar-refractivity contribution in [1.82, 2.24) is 4.98 Å². The average Bonchev–Trinajstić information content (AvgIpc) is 3.01. The first-order valence-corrected chi connectivity index (χ1v) is 8.61. The van der Waals surface area contributed by atoms with Gasteiger partial charge in [-0.25, -0.2) is 4.98 Å². The van der Waals surface area contributed by atoms with Gasteiger partial charge in [0.15, 0.2) is 5.58 Å². The number of fused-ring (bicyclic) bond motifs is 1. The number of aryl methyl sites for hydroxylation is 2. The maximum Gasteiger partial charge on any atom is 0.227 e. The molecule has 1 aromatic heterocycles. The lowest BCUT2D eigenvalue weighted by Crippen LogP contribution is -1.94. The maximum atomic E-state index is 8.59. The maximum absolute atomic E-state index is 8.59. The molecule has 0 aliphatic rings. The molecule has 0 fully saturated rings. The van der Waals surface area contributed by atoms with Crippen molar-refractivity contribution in [1.29, 1.82) is 5.26 Å². The van der Waals surface area contributed by atoms with Crippen molar-refractivity contribution in [2.24, 2.45) is 0 Å². The van der Waals surface area contributed by atoms with E-state index in [1.165, 1.54) is 11.1 Å². The number of nitriles is 1. The fourth-order valence-electron chi connectivity index (χ4n) is 3.10. The Morgan fingerprint density at radius 3 is 2.67 bits per heavy atom. The van der Waals surface area contributed by atoms with Crippen molar-refractivity contribution < 1.29 is 4.42 Å². The van der Waals surface area contributed by atoms with Gasteiger partial charge in [0, 0.05) is 12.0 Å². The molecule has 0 atom stereocenters. The Balaban J connectivity index is 1.79. The summed E-state index contributed by atoms with van der Waals surface area (Å²) in [5.74, 6) is 0.716. The normalized spacial score (nSPS) is 10.8. The Morgan fingerprint density at radius 1 is 1.00 bits per heavy atom. The SMILES string of the molecule is Cc1cccc(CCCCCCC#N)c1-c1nc2ccccc2o1. The van der Waals surface area contributed by atoms with Gasteiger partial charge in [0.25, 0.3) is 0 Å². The molecule has 2 aromatic carbocycles. The minimum Gasteiger partial charge on any atom is -0.436 e. The Bertz CT molecular complexity index is 825. The van der Waals surface area contributed by atoms with E-state index >= 15 is 0 Å². The van der Waals surface area contributed by atoms with Gasteiger partial charge in [-0.15, -0.1) is 0 Å². The average molecular weight is 318 g/mol. The molecule has 3 nitrogen and oxygen atoms in total. The van der Waals surface area contributed by atoms with Gasteiger partial charge in [-0.1, -0.05) is 43.2 Å². The lowest BCUT2D eigenvalue weighted by atomic mass is 9.97. The summed E-state index contributed by atoms with van der Waals surface area (Å²) < 4.78 is 5.99. The van der Waals surface area contributed by atoms with Gasteiger partial charge in [-0.2, -0.15) is 5.26 Å². The fraction of sp³-hybridized carbons (Fsp3) is 0.333. The molecule has 1 heterocycles. The number of hydrogen-bond donors (Lipinski definition) is 0. The number of oxazole rings is 1. The molecule has 0 bridgehead atoms. The third-order valence-corrected chi connectivity index (χ3v) is 4.35. The molecule has 0 aliphatic heterocycles. The number of para-hydroxylation sites is 2. The highest BCUT2D eigenvalue weighted by Gasteiger charge is 2.14. The smallest absolute Gasteiger partial charge is 0.227 e. The van der Waals surface area contributed by atoms with Crippen molar-refractivity contribution in [3.63, 3.8) is 0 Å². The van der Waals surface area contributed by atoms with Crippen LogP contribution in [-0.2, 0) is 6.42 Å². The van der Waals surface area contributed by atoms with Gasteiger partial charge in [0.2, 0.25) is 5.89 Å². The number of nitrogens with zero attached hydrogens (tertiary/aromatic N) is 2. The fourth-order valence-corrected chi connectivity index (χ4v) is 3.10. The largest absolute Gasteiger partial charge is 0.436 e. The van der Waals surface area contributed by atoms with Crippen LogP contribution in [0.15, 0.2) is 46.9 Å². The van der Waals surface area contributed by atoms with Crippen LogP contribution in [0, 0.1) is 18.3 Å². The van der Waals surface area contributed by atoms with Crippen molar-refractivity contribution in [2.75, 3.05) is 0 Å². The van der Waals surface area contributed by atoms with Crippen LogP contribution >= 0.6 is 0 Å². The van der Waals surface area contributed by atoms with Gasteiger partial charge >= 0.3 is 0 Å². The molecule has 0 aliphatic carbocycles. The molecule has 0 amide bonds.